The fourth-order valence-electron chi connectivity index (χ4n) is 1.49. The number of benzene rings is 1. The Morgan fingerprint density at radius 3 is 2.29 bits per heavy atom. The molecule has 1 N–H and O–H groups in total. The van der Waals surface area contributed by atoms with Gasteiger partial charge in [0.15, 0.2) is 0 Å². The smallest absolute Gasteiger partial charge is 0.261 e. The molecule has 0 saturated heterocycles. The topological polar surface area (TPSA) is 97.4 Å². The lowest BCUT2D eigenvalue weighted by Gasteiger charge is -2.09. The first-order valence-electron chi connectivity index (χ1n) is 5.62. The zero-order chi connectivity index (χ0) is 16.4. The quantitative estimate of drug-likeness (QED) is 0.785. The first kappa shape index (κ1) is 18.2. The number of nitrogens with one attached hydrogen (secondary N) is 1. The molecular formula is C11H13Cl2NO5S2. The molecular weight excluding hydrogens is 361 g/mol. The van der Waals surface area contributed by atoms with E-state index in [-0.39, 0.29) is 33.3 Å². The van der Waals surface area contributed by atoms with Gasteiger partial charge in [-0.05, 0) is 24.6 Å². The van der Waals surface area contributed by atoms with E-state index in [9.17, 15) is 21.6 Å². The summed E-state index contributed by atoms with van der Waals surface area (Å²) in [6.45, 7) is 1.37. The molecule has 0 unspecified atom stereocenters. The van der Waals surface area contributed by atoms with Crippen molar-refractivity contribution >= 4 is 47.1 Å². The normalized spacial score (nSPS) is 12.2. The average molecular weight is 374 g/mol. The first-order chi connectivity index (χ1) is 9.42. The van der Waals surface area contributed by atoms with Gasteiger partial charge in [-0.1, -0.05) is 11.6 Å². The van der Waals surface area contributed by atoms with Gasteiger partial charge in [-0.15, -0.1) is 0 Å². The Labute approximate surface area is 132 Å². The summed E-state index contributed by atoms with van der Waals surface area (Å²) in [6, 6.07) is 2.39. The van der Waals surface area contributed by atoms with E-state index >= 15 is 0 Å². The zero-order valence-corrected chi connectivity index (χ0v) is 14.3. The molecule has 0 aliphatic carbocycles. The Morgan fingerprint density at radius 1 is 1.24 bits per heavy atom. The van der Waals surface area contributed by atoms with E-state index in [2.05, 4.69) is 5.32 Å². The van der Waals surface area contributed by atoms with Crippen LogP contribution in [-0.4, -0.2) is 41.3 Å². The van der Waals surface area contributed by atoms with Crippen molar-refractivity contribution in [2.75, 3.05) is 18.6 Å². The standard InChI is InChI=1S/C11H13Cl2NO5S2/c1-7-9(12)5-8(6-10(7)21(13,18)19)11(15)14-3-4-20(2,16)17/h5-6H,3-4H2,1-2H3,(H,14,15). The van der Waals surface area contributed by atoms with E-state index in [1.54, 1.807) is 0 Å². The van der Waals surface area contributed by atoms with Gasteiger partial charge in [0.2, 0.25) is 0 Å². The van der Waals surface area contributed by atoms with Crippen molar-refractivity contribution in [2.45, 2.75) is 11.8 Å². The summed E-state index contributed by atoms with van der Waals surface area (Å²) in [5.74, 6) is -0.860. The molecule has 1 rings (SSSR count). The largest absolute Gasteiger partial charge is 0.351 e. The minimum Gasteiger partial charge on any atom is -0.351 e. The SMILES string of the molecule is Cc1c(Cl)cc(C(=O)NCCS(C)(=O)=O)cc1S(=O)(=O)Cl. The monoisotopic (exact) mass is 373 g/mol. The van der Waals surface area contributed by atoms with E-state index < -0.39 is 24.8 Å². The van der Waals surface area contributed by atoms with Crippen LogP contribution in [0, 0.1) is 6.92 Å². The van der Waals surface area contributed by atoms with E-state index in [0.717, 1.165) is 12.3 Å². The van der Waals surface area contributed by atoms with Gasteiger partial charge in [0.25, 0.3) is 15.0 Å². The number of hydrogen-bond donors (Lipinski definition) is 1. The number of rotatable bonds is 5. The molecule has 0 bridgehead atoms. The second kappa shape index (κ2) is 6.51. The highest BCUT2D eigenvalue weighted by Gasteiger charge is 2.19. The van der Waals surface area contributed by atoms with E-state index in [1.807, 2.05) is 0 Å². The van der Waals surface area contributed by atoms with Crippen LogP contribution in [0.5, 0.6) is 0 Å². The molecule has 1 aromatic carbocycles. The van der Waals surface area contributed by atoms with Gasteiger partial charge in [-0.2, -0.15) is 0 Å². The molecule has 118 valence electrons. The number of hydrogen-bond acceptors (Lipinski definition) is 5. The molecule has 6 nitrogen and oxygen atoms in total. The van der Waals surface area contributed by atoms with Crippen LogP contribution in [0.2, 0.25) is 5.02 Å². The van der Waals surface area contributed by atoms with Crippen LogP contribution in [-0.2, 0) is 18.9 Å². The van der Waals surface area contributed by atoms with Crippen LogP contribution in [0.4, 0.5) is 0 Å². The lowest BCUT2D eigenvalue weighted by molar-refractivity contribution is 0.0956. The molecule has 1 amide bonds. The predicted molar refractivity (Wildman–Crippen MR) is 81.3 cm³/mol. The third-order valence-electron chi connectivity index (χ3n) is 2.58. The van der Waals surface area contributed by atoms with Crippen molar-refractivity contribution in [2.24, 2.45) is 0 Å². The molecule has 0 radical (unpaired) electrons. The Hall–Kier alpha value is -0.830. The number of carbonyl (C=O) groups is 1. The van der Waals surface area contributed by atoms with Crippen molar-refractivity contribution in [1.29, 1.82) is 0 Å². The lowest BCUT2D eigenvalue weighted by Crippen LogP contribution is -2.29. The predicted octanol–water partition coefficient (Wildman–Crippen LogP) is 1.35. The van der Waals surface area contributed by atoms with E-state index in [0.29, 0.717) is 0 Å². The fraction of sp³-hybridized carbons (Fsp3) is 0.364. The highest BCUT2D eigenvalue weighted by atomic mass is 35.7. The van der Waals surface area contributed by atoms with Crippen LogP contribution in [0.25, 0.3) is 0 Å². The molecule has 0 saturated carbocycles. The maximum Gasteiger partial charge on any atom is 0.261 e. The zero-order valence-electron chi connectivity index (χ0n) is 11.2. The molecule has 0 atom stereocenters. The summed E-state index contributed by atoms with van der Waals surface area (Å²) >= 11 is 5.88. The van der Waals surface area contributed by atoms with Crippen molar-refractivity contribution in [3.8, 4) is 0 Å². The molecule has 10 heteroatoms. The van der Waals surface area contributed by atoms with Crippen LogP contribution >= 0.6 is 22.3 Å². The molecule has 0 spiro atoms. The maximum atomic E-state index is 11.9. The van der Waals surface area contributed by atoms with Crippen LogP contribution < -0.4 is 5.32 Å². The van der Waals surface area contributed by atoms with E-state index in [1.165, 1.54) is 13.0 Å². The molecule has 1 aromatic rings. The summed E-state index contributed by atoms with van der Waals surface area (Å²) in [4.78, 5) is 11.6. The van der Waals surface area contributed by atoms with Gasteiger partial charge >= 0.3 is 0 Å². The number of amides is 1. The summed E-state index contributed by atoms with van der Waals surface area (Å²) in [6.07, 6.45) is 1.04. The molecule has 0 aliphatic rings. The molecule has 0 aliphatic heterocycles. The highest BCUT2D eigenvalue weighted by molar-refractivity contribution is 8.13. The van der Waals surface area contributed by atoms with Crippen molar-refractivity contribution in [1.82, 2.24) is 5.32 Å². The van der Waals surface area contributed by atoms with Crippen LogP contribution in [0.3, 0.4) is 0 Å². The summed E-state index contributed by atoms with van der Waals surface area (Å²) in [5.41, 5.74) is 0.220. The van der Waals surface area contributed by atoms with E-state index in [4.69, 9.17) is 22.3 Å². The Bertz CT molecular complexity index is 772. The Kier molecular flexibility index (Phi) is 5.65. The van der Waals surface area contributed by atoms with Gasteiger partial charge < -0.3 is 5.32 Å². The molecule has 0 aromatic heterocycles. The van der Waals surface area contributed by atoms with Gasteiger partial charge in [-0.25, -0.2) is 16.8 Å². The van der Waals surface area contributed by atoms with Crippen molar-refractivity contribution in [3.63, 3.8) is 0 Å². The van der Waals surface area contributed by atoms with Crippen molar-refractivity contribution < 1.29 is 21.6 Å². The fourth-order valence-corrected chi connectivity index (χ4v) is 3.46. The minimum absolute atomic E-state index is 0.0154. The number of sulfone groups is 1. The Morgan fingerprint density at radius 2 is 1.81 bits per heavy atom. The molecule has 0 fully saturated rings. The third-order valence-corrected chi connectivity index (χ3v) is 5.37. The van der Waals surface area contributed by atoms with Crippen LogP contribution in [0.1, 0.15) is 15.9 Å². The maximum absolute atomic E-state index is 11.9. The first-order valence-corrected chi connectivity index (χ1v) is 10.4. The molecule has 0 heterocycles. The summed E-state index contributed by atoms with van der Waals surface area (Å²) in [5, 5.41) is 2.44. The number of halogens is 2. The second-order valence-corrected chi connectivity index (χ2v) is 9.61. The van der Waals surface area contributed by atoms with Crippen molar-refractivity contribution in [3.05, 3.63) is 28.3 Å². The summed E-state index contributed by atoms with van der Waals surface area (Å²) in [7, 11) is -1.97. The lowest BCUT2D eigenvalue weighted by atomic mass is 10.1. The average Bonchev–Trinajstić information content (AvgIpc) is 2.29. The number of carbonyl (C=O) groups excluding carboxylic acids is 1. The molecule has 21 heavy (non-hydrogen) atoms. The van der Waals surface area contributed by atoms with Gasteiger partial charge in [0, 0.05) is 34.1 Å². The minimum atomic E-state index is -4.04. The summed E-state index contributed by atoms with van der Waals surface area (Å²) < 4.78 is 44.8. The second-order valence-electron chi connectivity index (χ2n) is 4.40. The van der Waals surface area contributed by atoms with Crippen LogP contribution in [0.15, 0.2) is 17.0 Å². The van der Waals surface area contributed by atoms with Gasteiger partial charge in [0.1, 0.15) is 9.84 Å². The Balaban J connectivity index is 3.04. The van der Waals surface area contributed by atoms with Gasteiger partial charge in [-0.3, -0.25) is 4.79 Å². The van der Waals surface area contributed by atoms with Gasteiger partial charge in [0.05, 0.1) is 10.6 Å². The third kappa shape index (κ3) is 5.46. The highest BCUT2D eigenvalue weighted by Crippen LogP contribution is 2.27.